The summed E-state index contributed by atoms with van der Waals surface area (Å²) in [5.41, 5.74) is -7.99. The van der Waals surface area contributed by atoms with Crippen molar-refractivity contribution >= 4 is 17.7 Å². The topological polar surface area (TPSA) is 33.2 Å². The molecule has 1 fully saturated rings. The minimum absolute atomic E-state index is 0.0501. The Bertz CT molecular complexity index is 1200. The average Bonchev–Trinajstić information content (AvgIpc) is 3.14. The fraction of sp³-hybridized carbons (Fsp3) is 0.455. The van der Waals surface area contributed by atoms with Crippen molar-refractivity contribution in [2.45, 2.75) is 59.1 Å². The van der Waals surface area contributed by atoms with E-state index in [0.29, 0.717) is 17.2 Å². The zero-order valence-electron chi connectivity index (χ0n) is 18.2. The maximum absolute atomic E-state index is 14.6. The number of amides is 1. The Hall–Kier alpha value is -2.58. The van der Waals surface area contributed by atoms with Crippen LogP contribution in [-0.2, 0) is 21.6 Å². The van der Waals surface area contributed by atoms with Gasteiger partial charge in [0, 0.05) is 17.6 Å². The van der Waals surface area contributed by atoms with Gasteiger partial charge in [-0.25, -0.2) is 8.78 Å². The van der Waals surface area contributed by atoms with Gasteiger partial charge in [-0.1, -0.05) is 6.07 Å². The fourth-order valence-corrected chi connectivity index (χ4v) is 6.51. The summed E-state index contributed by atoms with van der Waals surface area (Å²) in [6, 6.07) is 3.95. The quantitative estimate of drug-likeness (QED) is 0.394. The van der Waals surface area contributed by atoms with E-state index in [2.05, 4.69) is 4.98 Å². The highest BCUT2D eigenvalue weighted by Gasteiger charge is 2.74. The first-order chi connectivity index (χ1) is 16.9. The van der Waals surface area contributed by atoms with Crippen molar-refractivity contribution in [3.05, 3.63) is 59.2 Å². The molecule has 1 aromatic carbocycles. The van der Waals surface area contributed by atoms with Gasteiger partial charge in [0.2, 0.25) is 0 Å². The van der Waals surface area contributed by atoms with Crippen LogP contribution in [-0.4, -0.2) is 46.9 Å². The van der Waals surface area contributed by atoms with Gasteiger partial charge < -0.3 is 4.90 Å². The van der Waals surface area contributed by atoms with Gasteiger partial charge in [0.05, 0.1) is 16.5 Å². The van der Waals surface area contributed by atoms with Crippen molar-refractivity contribution in [3.8, 4) is 0 Å². The normalized spacial score (nSPS) is 22.6. The lowest BCUT2D eigenvalue weighted by molar-refractivity contribution is -0.350. The van der Waals surface area contributed by atoms with Gasteiger partial charge in [0.15, 0.2) is 0 Å². The maximum Gasteiger partial charge on any atom is 0.471 e. The zero-order valence-corrected chi connectivity index (χ0v) is 19.1. The first-order valence-electron chi connectivity index (χ1n) is 10.6. The van der Waals surface area contributed by atoms with Crippen LogP contribution in [0.4, 0.5) is 48.3 Å². The number of fused-ring (bicyclic) bond motifs is 3. The van der Waals surface area contributed by atoms with Crippen LogP contribution in [0.25, 0.3) is 0 Å². The molecule has 1 saturated heterocycles. The number of benzene rings is 1. The largest absolute Gasteiger partial charge is 0.471 e. The Morgan fingerprint density at radius 1 is 1.00 bits per heavy atom. The molecule has 2 aliphatic rings. The second-order valence-corrected chi connectivity index (χ2v) is 10.0. The molecule has 2 atom stereocenters. The zero-order chi connectivity index (χ0) is 27.6. The van der Waals surface area contributed by atoms with E-state index in [0.717, 1.165) is 23.9 Å². The number of aryl methyl sites for hydroxylation is 1. The Balaban J connectivity index is 1.86. The van der Waals surface area contributed by atoms with Gasteiger partial charge in [-0.2, -0.15) is 39.5 Å². The third kappa shape index (κ3) is 4.42. The van der Waals surface area contributed by atoms with E-state index in [1.54, 1.807) is 0 Å². The summed E-state index contributed by atoms with van der Waals surface area (Å²) in [7, 11) is 0. The number of aromatic nitrogens is 1. The summed E-state index contributed by atoms with van der Waals surface area (Å²) in [6.45, 7) is -0.440. The van der Waals surface area contributed by atoms with Gasteiger partial charge in [0.25, 0.3) is 0 Å². The van der Waals surface area contributed by atoms with Gasteiger partial charge >= 0.3 is 30.1 Å². The Morgan fingerprint density at radius 2 is 1.65 bits per heavy atom. The van der Waals surface area contributed by atoms with Crippen molar-refractivity contribution in [1.82, 2.24) is 9.88 Å². The predicted molar refractivity (Wildman–Crippen MR) is 108 cm³/mol. The van der Waals surface area contributed by atoms with Crippen molar-refractivity contribution in [2.24, 2.45) is 0 Å². The number of hydrogen-bond donors (Lipinski definition) is 0. The molecular formula is C22H15F11N2OS. The molecule has 2 heterocycles. The Kier molecular flexibility index (Phi) is 6.48. The van der Waals surface area contributed by atoms with Gasteiger partial charge in [-0.3, -0.25) is 9.78 Å². The van der Waals surface area contributed by atoms with E-state index in [-0.39, 0.29) is 35.3 Å². The molecule has 0 spiro atoms. The molecule has 15 heteroatoms. The van der Waals surface area contributed by atoms with E-state index in [1.807, 2.05) is 0 Å². The summed E-state index contributed by atoms with van der Waals surface area (Å²) in [4.78, 5) is 16.0. The molecule has 2 unspecified atom stereocenters. The summed E-state index contributed by atoms with van der Waals surface area (Å²) < 4.78 is 146. The van der Waals surface area contributed by atoms with Gasteiger partial charge in [-0.15, -0.1) is 11.8 Å². The molecule has 1 aliphatic carbocycles. The minimum atomic E-state index is -6.40. The van der Waals surface area contributed by atoms with Crippen LogP contribution in [0.15, 0.2) is 41.4 Å². The molecule has 1 amide bonds. The fourth-order valence-electron chi connectivity index (χ4n) is 4.90. The second-order valence-electron chi connectivity index (χ2n) is 8.63. The highest BCUT2D eigenvalue weighted by molar-refractivity contribution is 8.00. The van der Waals surface area contributed by atoms with E-state index in [1.165, 1.54) is 12.1 Å². The monoisotopic (exact) mass is 564 g/mol. The van der Waals surface area contributed by atoms with E-state index in [9.17, 15) is 53.1 Å². The van der Waals surface area contributed by atoms with Crippen LogP contribution in [0.5, 0.6) is 0 Å². The molecular weight excluding hydrogens is 549 g/mol. The molecule has 0 N–H and O–H groups in total. The molecule has 37 heavy (non-hydrogen) atoms. The number of hydrogen-bond acceptors (Lipinski definition) is 3. The van der Waals surface area contributed by atoms with Gasteiger partial charge in [-0.05, 0) is 54.7 Å². The number of alkyl halides is 10. The first-order valence-corrected chi connectivity index (χ1v) is 11.4. The third-order valence-electron chi connectivity index (χ3n) is 6.50. The lowest BCUT2D eigenvalue weighted by Gasteiger charge is -2.43. The van der Waals surface area contributed by atoms with Crippen molar-refractivity contribution < 1.29 is 53.1 Å². The average molecular weight is 564 g/mol. The van der Waals surface area contributed by atoms with Crippen molar-refractivity contribution in [2.75, 3.05) is 6.54 Å². The number of nitrogens with zero attached hydrogens (tertiary/aromatic N) is 2. The summed E-state index contributed by atoms with van der Waals surface area (Å²) >= 11 is 0.816. The number of carbonyl (C=O) groups is 1. The van der Waals surface area contributed by atoms with Crippen LogP contribution in [0.2, 0.25) is 0 Å². The maximum atomic E-state index is 14.6. The van der Waals surface area contributed by atoms with Crippen LogP contribution >= 0.6 is 11.8 Å². The number of likely N-dealkylation sites (tertiary alicyclic amines) is 1. The van der Waals surface area contributed by atoms with Crippen LogP contribution < -0.4 is 0 Å². The molecule has 0 saturated carbocycles. The first kappa shape index (κ1) is 27.5. The number of thioether (sulfide) groups is 1. The molecule has 1 aliphatic heterocycles. The lowest BCUT2D eigenvalue weighted by Crippen LogP contribution is -2.52. The lowest BCUT2D eigenvalue weighted by atomic mass is 9.78. The third-order valence-corrected chi connectivity index (χ3v) is 8.05. The van der Waals surface area contributed by atoms with Crippen molar-refractivity contribution in [1.29, 1.82) is 0 Å². The molecule has 4 rings (SSSR count). The van der Waals surface area contributed by atoms with Crippen LogP contribution in [0, 0.1) is 5.82 Å². The molecule has 2 aromatic rings. The summed E-state index contributed by atoms with van der Waals surface area (Å²) in [5, 5.41) is 0. The minimum Gasteiger partial charge on any atom is -0.330 e. The second kappa shape index (κ2) is 8.73. The van der Waals surface area contributed by atoms with Crippen LogP contribution in [0.1, 0.15) is 29.7 Å². The molecule has 3 nitrogen and oxygen atoms in total. The van der Waals surface area contributed by atoms with Crippen molar-refractivity contribution in [3.63, 3.8) is 0 Å². The predicted octanol–water partition coefficient (Wildman–Crippen LogP) is 6.61. The highest BCUT2D eigenvalue weighted by atomic mass is 32.2. The SMILES string of the molecule is O=C(N1CCC2(Sc3cccc(F)c3)c3cnc(C(F)(C(F)(F)F)C(F)(F)F)cc3CCC12)C(F)(F)F. The van der Waals surface area contributed by atoms with E-state index >= 15 is 0 Å². The number of carbonyl (C=O) groups excluding carboxylic acids is 1. The molecule has 1 aromatic heterocycles. The Morgan fingerprint density at radius 3 is 2.22 bits per heavy atom. The smallest absolute Gasteiger partial charge is 0.330 e. The summed E-state index contributed by atoms with van der Waals surface area (Å²) in [5.74, 6) is -2.87. The molecule has 0 bridgehead atoms. The number of rotatable bonds is 3. The highest BCUT2D eigenvalue weighted by Crippen LogP contribution is 2.58. The van der Waals surface area contributed by atoms with E-state index in [4.69, 9.17) is 0 Å². The number of pyridine rings is 1. The number of halogens is 11. The Labute approximate surface area is 206 Å². The standard InChI is InChI=1S/C22H15F11N2OS/c23-12-2-1-3-13(9-12)37-18-6-7-35(17(36)20(25,26)27)16(18)5-4-11-8-15(34-10-14(11)18)19(24,21(28,29)30)22(31,32)33/h1-3,8-10,16H,4-7H2. The van der Waals surface area contributed by atoms with Crippen LogP contribution in [0.3, 0.4) is 0 Å². The summed E-state index contributed by atoms with van der Waals surface area (Å²) in [6.07, 6.45) is -18.3. The van der Waals surface area contributed by atoms with E-state index < -0.39 is 58.9 Å². The van der Waals surface area contributed by atoms with Gasteiger partial charge in [0.1, 0.15) is 5.82 Å². The molecule has 202 valence electrons. The molecule has 0 radical (unpaired) electrons.